The minimum atomic E-state index is -0.387. The molecule has 0 saturated heterocycles. The zero-order valence-electron chi connectivity index (χ0n) is 37.2. The van der Waals surface area contributed by atoms with E-state index in [0.29, 0.717) is 26.1 Å². The normalized spacial score (nSPS) is 22.1. The molecule has 0 aromatic carbocycles. The first-order valence-corrected chi connectivity index (χ1v) is 22.1. The second kappa shape index (κ2) is 23.5. The van der Waals surface area contributed by atoms with Crippen LogP contribution in [0.25, 0.3) is 0 Å². The first-order valence-electron chi connectivity index (χ1n) is 22.1. The molecule has 0 bridgehead atoms. The third kappa shape index (κ3) is 15.3. The molecule has 0 saturated carbocycles. The van der Waals surface area contributed by atoms with E-state index in [9.17, 15) is 9.59 Å². The monoisotopic (exact) mass is 761 g/mol. The summed E-state index contributed by atoms with van der Waals surface area (Å²) in [5.41, 5.74) is -1.40. The van der Waals surface area contributed by atoms with E-state index in [2.05, 4.69) is 105 Å². The molecule has 0 amide bonds. The molecule has 2 rings (SSSR count). The number of ether oxygens (including phenoxy) is 2. The Hall–Kier alpha value is -1.74. The van der Waals surface area contributed by atoms with Crippen LogP contribution in [0.3, 0.4) is 0 Å². The van der Waals surface area contributed by atoms with Crippen molar-refractivity contribution in [3.63, 3.8) is 0 Å². The van der Waals surface area contributed by atoms with Crippen LogP contribution in [-0.4, -0.2) is 57.4 Å². The van der Waals surface area contributed by atoms with Gasteiger partial charge in [0.15, 0.2) is 0 Å². The Morgan fingerprint density at radius 1 is 0.500 bits per heavy atom. The molecule has 0 N–H and O–H groups in total. The molecule has 2 unspecified atom stereocenters. The minimum Gasteiger partial charge on any atom is -0.431 e. The predicted molar refractivity (Wildman–Crippen MR) is 222 cm³/mol. The summed E-state index contributed by atoms with van der Waals surface area (Å²) in [5, 5.41) is 4.23. The lowest BCUT2D eigenvalue weighted by Gasteiger charge is -2.52. The third-order valence-corrected chi connectivity index (χ3v) is 12.0. The fraction of sp³-hybridized carbons (Fsp3) is 0.870. The molecule has 8 heteroatoms. The number of hydrogen-bond donors (Lipinski definition) is 0. The highest BCUT2D eigenvalue weighted by molar-refractivity contribution is 5.71. The van der Waals surface area contributed by atoms with E-state index in [-0.39, 0.29) is 45.9 Å². The fourth-order valence-electron chi connectivity index (χ4n) is 8.19. The van der Waals surface area contributed by atoms with Crippen molar-refractivity contribution in [2.24, 2.45) is 11.8 Å². The zero-order chi connectivity index (χ0) is 40.4. The van der Waals surface area contributed by atoms with Gasteiger partial charge >= 0.3 is 11.9 Å². The number of hydroxylamine groups is 4. The summed E-state index contributed by atoms with van der Waals surface area (Å²) < 4.78 is 12.0. The maximum absolute atomic E-state index is 12.9. The van der Waals surface area contributed by atoms with E-state index in [0.717, 1.165) is 62.9 Å². The summed E-state index contributed by atoms with van der Waals surface area (Å²) in [6.45, 7) is 27.4. The standard InChI is InChI=1S/C46H84N2O6/c1-13-15-17-19-25-29-33-51-47-43(5,6)35-39(37(3)45(47,9)10)53-41(49)31-27-23-21-22-24-28-32-42(50)54-40-36-44(7,8)48(46(11,12)38(40)4)52-34-30-26-20-18-16-14-2/h35-38H,13-34H2,1-12H3. The van der Waals surface area contributed by atoms with E-state index < -0.39 is 0 Å². The van der Waals surface area contributed by atoms with Gasteiger partial charge in [0.05, 0.1) is 35.4 Å². The highest BCUT2D eigenvalue weighted by Crippen LogP contribution is 2.43. The van der Waals surface area contributed by atoms with Gasteiger partial charge in [-0.05, 0) is 93.2 Å². The Kier molecular flexibility index (Phi) is 21.0. The summed E-state index contributed by atoms with van der Waals surface area (Å²) >= 11 is 0. The summed E-state index contributed by atoms with van der Waals surface area (Å²) in [4.78, 5) is 38.5. The fourth-order valence-corrected chi connectivity index (χ4v) is 8.19. The largest absolute Gasteiger partial charge is 0.431 e. The van der Waals surface area contributed by atoms with Crippen molar-refractivity contribution in [2.45, 2.75) is 234 Å². The van der Waals surface area contributed by atoms with Crippen LogP contribution in [0.5, 0.6) is 0 Å². The van der Waals surface area contributed by atoms with E-state index in [1.165, 1.54) is 64.2 Å². The second-order valence-corrected chi connectivity index (χ2v) is 18.5. The van der Waals surface area contributed by atoms with Crippen molar-refractivity contribution in [3.8, 4) is 0 Å². The third-order valence-electron chi connectivity index (χ3n) is 12.0. The van der Waals surface area contributed by atoms with Gasteiger partial charge in [0.25, 0.3) is 0 Å². The molecule has 2 aliphatic rings. The molecule has 0 fully saturated rings. The number of esters is 2. The Morgan fingerprint density at radius 2 is 0.796 bits per heavy atom. The molecular formula is C46H84N2O6. The Morgan fingerprint density at radius 3 is 1.13 bits per heavy atom. The summed E-state index contributed by atoms with van der Waals surface area (Å²) in [5.74, 6) is 1.22. The molecule has 0 spiro atoms. The lowest BCUT2D eigenvalue weighted by molar-refractivity contribution is -0.271. The topological polar surface area (TPSA) is 77.5 Å². The van der Waals surface area contributed by atoms with Crippen molar-refractivity contribution in [3.05, 3.63) is 23.7 Å². The number of nitrogens with zero attached hydrogens (tertiary/aromatic N) is 2. The molecule has 0 aromatic heterocycles. The van der Waals surface area contributed by atoms with Crippen LogP contribution in [0.15, 0.2) is 23.7 Å². The molecular weight excluding hydrogens is 677 g/mol. The van der Waals surface area contributed by atoms with Gasteiger partial charge in [-0.1, -0.05) is 118 Å². The number of rotatable bonds is 27. The molecule has 0 radical (unpaired) electrons. The molecule has 8 nitrogen and oxygen atoms in total. The number of hydrogen-bond acceptors (Lipinski definition) is 8. The van der Waals surface area contributed by atoms with E-state index >= 15 is 0 Å². The van der Waals surface area contributed by atoms with Crippen LogP contribution in [0.4, 0.5) is 0 Å². The molecule has 314 valence electrons. The van der Waals surface area contributed by atoms with Crippen molar-refractivity contribution >= 4 is 11.9 Å². The van der Waals surface area contributed by atoms with E-state index in [1.807, 2.05) is 0 Å². The molecule has 2 heterocycles. The maximum atomic E-state index is 12.9. The number of carbonyl (C=O) groups is 2. The van der Waals surface area contributed by atoms with Crippen LogP contribution >= 0.6 is 0 Å². The summed E-state index contributed by atoms with van der Waals surface area (Å²) in [6, 6.07) is 0. The van der Waals surface area contributed by atoms with Crippen molar-refractivity contribution in [2.75, 3.05) is 13.2 Å². The Bertz CT molecular complexity index is 1080. The summed E-state index contributed by atoms with van der Waals surface area (Å²) in [7, 11) is 0. The first-order chi connectivity index (χ1) is 25.4. The Labute approximate surface area is 332 Å². The second-order valence-electron chi connectivity index (χ2n) is 18.5. The smallest absolute Gasteiger partial charge is 0.310 e. The number of carbonyl (C=O) groups excluding carboxylic acids is 2. The van der Waals surface area contributed by atoms with Crippen LogP contribution < -0.4 is 0 Å². The van der Waals surface area contributed by atoms with E-state index in [1.54, 1.807) is 0 Å². The van der Waals surface area contributed by atoms with Gasteiger partial charge in [0.2, 0.25) is 0 Å². The molecule has 0 aliphatic carbocycles. The zero-order valence-corrected chi connectivity index (χ0v) is 37.2. The van der Waals surface area contributed by atoms with Gasteiger partial charge < -0.3 is 9.47 Å². The van der Waals surface area contributed by atoms with Gasteiger partial charge in [0.1, 0.15) is 11.5 Å². The molecule has 0 aromatic rings. The van der Waals surface area contributed by atoms with Gasteiger partial charge in [-0.2, -0.15) is 10.1 Å². The van der Waals surface area contributed by atoms with Gasteiger partial charge in [-0.25, -0.2) is 0 Å². The predicted octanol–water partition coefficient (Wildman–Crippen LogP) is 12.6. The van der Waals surface area contributed by atoms with Gasteiger partial charge in [-0.15, -0.1) is 0 Å². The highest BCUT2D eigenvalue weighted by atomic mass is 16.7. The maximum Gasteiger partial charge on any atom is 0.310 e. The van der Waals surface area contributed by atoms with E-state index in [4.69, 9.17) is 19.1 Å². The van der Waals surface area contributed by atoms with Gasteiger partial charge in [-0.3, -0.25) is 19.3 Å². The summed E-state index contributed by atoms with van der Waals surface area (Å²) in [6.07, 6.45) is 25.4. The molecule has 2 atom stereocenters. The van der Waals surface area contributed by atoms with Crippen LogP contribution in [0, 0.1) is 11.8 Å². The SMILES string of the molecule is CCCCCCCCON1C(C)(C)C=C(OC(=O)CCCCCCCCC(=O)OC2=CC(C)(C)N(OCCCCCCCC)C(C)(C)C2C)C(C)C1(C)C. The van der Waals surface area contributed by atoms with Crippen molar-refractivity contribution in [1.82, 2.24) is 10.1 Å². The first kappa shape index (κ1) is 48.4. The van der Waals surface area contributed by atoms with Gasteiger partial charge in [0, 0.05) is 24.7 Å². The van der Waals surface area contributed by atoms with Crippen molar-refractivity contribution in [1.29, 1.82) is 0 Å². The highest BCUT2D eigenvalue weighted by Gasteiger charge is 2.49. The van der Waals surface area contributed by atoms with Crippen LogP contribution in [-0.2, 0) is 28.7 Å². The molecule has 54 heavy (non-hydrogen) atoms. The number of unbranched alkanes of at least 4 members (excludes halogenated alkanes) is 15. The average molecular weight is 761 g/mol. The Balaban J connectivity index is 1.69. The van der Waals surface area contributed by atoms with Crippen molar-refractivity contribution < 1.29 is 28.7 Å². The van der Waals surface area contributed by atoms with Crippen LogP contribution in [0.2, 0.25) is 0 Å². The van der Waals surface area contributed by atoms with Crippen LogP contribution in [0.1, 0.15) is 212 Å². The minimum absolute atomic E-state index is 0.0183. The lowest BCUT2D eigenvalue weighted by Crippen LogP contribution is -2.61. The lowest BCUT2D eigenvalue weighted by atomic mass is 9.78. The molecule has 2 aliphatic heterocycles. The average Bonchev–Trinajstić information content (AvgIpc) is 3.08. The quantitative estimate of drug-likeness (QED) is 0.0605.